The molecular weight excluding hydrogens is 388 g/mol. The van der Waals surface area contributed by atoms with Gasteiger partial charge in [-0.1, -0.05) is 0 Å². The minimum Gasteiger partial charge on any atom is -0.497 e. The van der Waals surface area contributed by atoms with Crippen molar-refractivity contribution in [3.63, 3.8) is 0 Å². The van der Waals surface area contributed by atoms with Gasteiger partial charge in [0.25, 0.3) is 5.91 Å². The van der Waals surface area contributed by atoms with Gasteiger partial charge in [-0.2, -0.15) is 0 Å². The number of sulfonamides is 1. The smallest absolute Gasteiger partial charge is 0.322 e. The average molecular weight is 410 g/mol. The van der Waals surface area contributed by atoms with Crippen molar-refractivity contribution in [2.45, 2.75) is 31.2 Å². The zero-order valence-corrected chi connectivity index (χ0v) is 16.5. The minimum absolute atomic E-state index is 0.113. The number of ether oxygens (including phenoxy) is 1. The van der Waals surface area contributed by atoms with Crippen LogP contribution in [-0.4, -0.2) is 54.5 Å². The Labute approximate surface area is 161 Å². The predicted octanol–water partition coefficient (Wildman–Crippen LogP) is 0.262. The van der Waals surface area contributed by atoms with Gasteiger partial charge in [-0.05, 0) is 32.0 Å². The van der Waals surface area contributed by atoms with E-state index in [4.69, 9.17) is 4.74 Å². The monoisotopic (exact) mass is 410 g/mol. The van der Waals surface area contributed by atoms with Crippen molar-refractivity contribution in [1.82, 2.24) is 19.9 Å². The van der Waals surface area contributed by atoms with Gasteiger partial charge >= 0.3 is 6.03 Å². The van der Waals surface area contributed by atoms with Crippen LogP contribution in [0.1, 0.15) is 13.8 Å². The third kappa shape index (κ3) is 3.50. The molecule has 3 amide bonds. The summed E-state index contributed by atoms with van der Waals surface area (Å²) in [6, 6.07) is 4.34. The summed E-state index contributed by atoms with van der Waals surface area (Å²) in [5.41, 5.74) is -1.59. The number of amides is 3. The molecule has 1 saturated heterocycles. The molecule has 3 rings (SSSR count). The summed E-state index contributed by atoms with van der Waals surface area (Å²) in [5, 5.41) is 15.6. The van der Waals surface area contributed by atoms with Crippen molar-refractivity contribution in [3.05, 3.63) is 24.4 Å². The number of aromatic nitrogens is 1. The Balaban J connectivity index is 1.96. The highest BCUT2D eigenvalue weighted by Gasteiger charge is 2.47. The maximum Gasteiger partial charge on any atom is 0.322 e. The van der Waals surface area contributed by atoms with Gasteiger partial charge in [0.1, 0.15) is 5.75 Å². The van der Waals surface area contributed by atoms with Crippen LogP contribution in [0.3, 0.4) is 0 Å². The van der Waals surface area contributed by atoms with Gasteiger partial charge < -0.3 is 19.7 Å². The predicted molar refractivity (Wildman–Crippen MR) is 102 cm³/mol. The largest absolute Gasteiger partial charge is 0.497 e. The van der Waals surface area contributed by atoms with Crippen LogP contribution in [0.15, 0.2) is 24.4 Å². The van der Waals surface area contributed by atoms with Gasteiger partial charge in [-0.15, -0.1) is 0 Å². The second kappa shape index (κ2) is 6.99. The average Bonchev–Trinajstić information content (AvgIpc) is 3.09. The molecule has 0 spiro atoms. The van der Waals surface area contributed by atoms with E-state index in [9.17, 15) is 23.1 Å². The Bertz CT molecular complexity index is 1050. The number of carbonyl (C=O) groups is 2. The summed E-state index contributed by atoms with van der Waals surface area (Å²) in [6.45, 7) is 2.47. The van der Waals surface area contributed by atoms with Gasteiger partial charge in [0, 0.05) is 23.5 Å². The zero-order chi connectivity index (χ0) is 20.7. The van der Waals surface area contributed by atoms with Gasteiger partial charge in [0.2, 0.25) is 10.0 Å². The molecule has 2 heterocycles. The molecule has 1 atom stereocenters. The minimum atomic E-state index is -3.67. The molecular formula is C17H22N4O6S. The lowest BCUT2D eigenvalue weighted by atomic mass is 10.0. The van der Waals surface area contributed by atoms with Crippen LogP contribution in [0, 0.1) is 0 Å². The number of rotatable bonds is 7. The Kier molecular flexibility index (Phi) is 4.98. The van der Waals surface area contributed by atoms with Crippen LogP contribution in [0.2, 0.25) is 0 Å². The Morgan fingerprint density at radius 3 is 2.61 bits per heavy atom. The van der Waals surface area contributed by atoms with Crippen molar-refractivity contribution in [3.8, 4) is 11.6 Å². The maximum atomic E-state index is 12.5. The summed E-state index contributed by atoms with van der Waals surface area (Å²) in [5.74, 6) is -0.202. The highest BCUT2D eigenvalue weighted by molar-refractivity contribution is 7.90. The Hall–Kier alpha value is -2.79. The van der Waals surface area contributed by atoms with Crippen LogP contribution in [0.4, 0.5) is 4.79 Å². The van der Waals surface area contributed by atoms with Gasteiger partial charge in [0.15, 0.2) is 11.4 Å². The molecule has 1 unspecified atom stereocenters. The highest BCUT2D eigenvalue weighted by atomic mass is 32.2. The molecule has 1 fully saturated rings. The van der Waals surface area contributed by atoms with E-state index < -0.39 is 32.8 Å². The third-order valence-electron chi connectivity index (χ3n) is 4.72. The van der Waals surface area contributed by atoms with E-state index in [1.807, 2.05) is 0 Å². The number of hydrogen-bond donors (Lipinski definition) is 4. The van der Waals surface area contributed by atoms with Crippen molar-refractivity contribution in [2.75, 3.05) is 13.7 Å². The molecule has 1 aromatic heterocycles. The standard InChI is InChI=1S/C17H22N4O6S/c1-10(2)28(25,26)18-8-17(15(23)19-16(24)20-17)9-21-7-11-6-12(27-3)4-5-13(11)14(21)22/h4-7,10,18,22H,8-9H2,1-3H3,(H2,19,20,23,24). The van der Waals surface area contributed by atoms with E-state index in [0.717, 1.165) is 0 Å². The number of methoxy groups -OCH3 is 1. The number of imide groups is 1. The van der Waals surface area contributed by atoms with Gasteiger partial charge in [0.05, 0.1) is 18.9 Å². The fourth-order valence-electron chi connectivity index (χ4n) is 2.98. The van der Waals surface area contributed by atoms with Crippen LogP contribution >= 0.6 is 0 Å². The Morgan fingerprint density at radius 2 is 2.04 bits per heavy atom. The van der Waals surface area contributed by atoms with Crippen LogP contribution in [-0.2, 0) is 21.4 Å². The second-order valence-electron chi connectivity index (χ2n) is 6.94. The summed E-state index contributed by atoms with van der Waals surface area (Å²) in [4.78, 5) is 24.2. The summed E-state index contributed by atoms with van der Waals surface area (Å²) < 4.78 is 33.2. The van der Waals surface area contributed by atoms with Gasteiger partial charge in [-0.3, -0.25) is 10.1 Å². The normalized spacial score (nSPS) is 19.9. The number of nitrogens with zero attached hydrogens (tertiary/aromatic N) is 1. The van der Waals surface area contributed by atoms with Crippen LogP contribution < -0.4 is 20.1 Å². The number of benzene rings is 1. The van der Waals surface area contributed by atoms with E-state index in [-0.39, 0.29) is 19.0 Å². The molecule has 11 heteroatoms. The first-order chi connectivity index (χ1) is 13.1. The number of nitrogens with one attached hydrogen (secondary N) is 3. The molecule has 1 aliphatic heterocycles. The fourth-order valence-corrected chi connectivity index (χ4v) is 3.76. The summed E-state index contributed by atoms with van der Waals surface area (Å²) >= 11 is 0. The number of hydrogen-bond acceptors (Lipinski definition) is 6. The van der Waals surface area contributed by atoms with Crippen molar-refractivity contribution < 1.29 is 27.9 Å². The summed E-state index contributed by atoms with van der Waals surface area (Å²) in [7, 11) is -2.15. The highest BCUT2D eigenvalue weighted by Crippen LogP contribution is 2.31. The lowest BCUT2D eigenvalue weighted by Crippen LogP contribution is -2.58. The number of aromatic hydroxyl groups is 1. The van der Waals surface area contributed by atoms with Crippen LogP contribution in [0.5, 0.6) is 11.6 Å². The molecule has 4 N–H and O–H groups in total. The number of fused-ring (bicyclic) bond motifs is 1. The van der Waals surface area contributed by atoms with E-state index in [0.29, 0.717) is 16.5 Å². The molecule has 0 bridgehead atoms. The molecule has 0 aliphatic carbocycles. The lowest BCUT2D eigenvalue weighted by molar-refractivity contribution is -0.124. The topological polar surface area (TPSA) is 139 Å². The third-order valence-corrected chi connectivity index (χ3v) is 6.51. The Morgan fingerprint density at radius 1 is 1.32 bits per heavy atom. The molecule has 0 saturated carbocycles. The summed E-state index contributed by atoms with van der Waals surface area (Å²) in [6.07, 6.45) is 1.60. The molecule has 1 aliphatic rings. The first-order valence-corrected chi connectivity index (χ1v) is 10.1. The number of urea groups is 1. The fraction of sp³-hybridized carbons (Fsp3) is 0.412. The van der Waals surface area contributed by atoms with E-state index in [1.54, 1.807) is 24.4 Å². The molecule has 0 radical (unpaired) electrons. The first-order valence-electron chi connectivity index (χ1n) is 8.56. The quantitative estimate of drug-likeness (QED) is 0.483. The molecule has 10 nitrogen and oxygen atoms in total. The zero-order valence-electron chi connectivity index (χ0n) is 15.6. The maximum absolute atomic E-state index is 12.5. The SMILES string of the molecule is COc1ccc2c(O)n(CC3(CNS(=O)(=O)C(C)C)NC(=O)NC3=O)cc2c1. The van der Waals surface area contributed by atoms with Gasteiger partial charge in [-0.25, -0.2) is 17.9 Å². The van der Waals surface area contributed by atoms with E-state index >= 15 is 0 Å². The van der Waals surface area contributed by atoms with E-state index in [2.05, 4.69) is 15.4 Å². The lowest BCUT2D eigenvalue weighted by Gasteiger charge is -2.27. The van der Waals surface area contributed by atoms with Crippen molar-refractivity contribution in [1.29, 1.82) is 0 Å². The molecule has 1 aromatic carbocycles. The first kappa shape index (κ1) is 20.0. The molecule has 2 aromatic rings. The molecule has 28 heavy (non-hydrogen) atoms. The van der Waals surface area contributed by atoms with Crippen molar-refractivity contribution in [2.24, 2.45) is 0 Å². The molecule has 152 valence electrons. The number of carbonyl (C=O) groups excluding carboxylic acids is 2. The van der Waals surface area contributed by atoms with Crippen molar-refractivity contribution >= 4 is 32.7 Å². The van der Waals surface area contributed by atoms with E-state index in [1.165, 1.54) is 25.5 Å². The second-order valence-corrected chi connectivity index (χ2v) is 9.26. The van der Waals surface area contributed by atoms with Crippen LogP contribution in [0.25, 0.3) is 10.8 Å².